The minimum atomic E-state index is -1.13. The summed E-state index contributed by atoms with van der Waals surface area (Å²) in [4.78, 5) is 43.9. The van der Waals surface area contributed by atoms with E-state index in [2.05, 4.69) is 20.5 Å². The van der Waals surface area contributed by atoms with Gasteiger partial charge < -0.3 is 28.7 Å². The van der Waals surface area contributed by atoms with Gasteiger partial charge in [0.2, 0.25) is 0 Å². The monoisotopic (exact) mass is 613 g/mol. The number of esters is 1. The third kappa shape index (κ3) is 7.58. The maximum absolute atomic E-state index is 13.2. The van der Waals surface area contributed by atoms with Crippen LogP contribution in [-0.2, 0) is 35.8 Å². The van der Waals surface area contributed by atoms with Crippen molar-refractivity contribution < 1.29 is 28.3 Å². The smallest absolute Gasteiger partial charge is 0.453 e. The van der Waals surface area contributed by atoms with Crippen molar-refractivity contribution in [3.05, 3.63) is 109 Å². The number of ether oxygens (including phenoxy) is 1. The van der Waals surface area contributed by atoms with E-state index >= 15 is 0 Å². The Morgan fingerprint density at radius 3 is 2.53 bits per heavy atom. The number of hydrogen-bond donors (Lipinski definition) is 3. The van der Waals surface area contributed by atoms with Crippen LogP contribution in [0.15, 0.2) is 67.3 Å². The number of nitrogens with two attached hydrogens (primary N) is 2. The van der Waals surface area contributed by atoms with E-state index in [9.17, 15) is 19.7 Å². The summed E-state index contributed by atoms with van der Waals surface area (Å²) in [5.74, 6) is 3.60. The molecular formula is C27H28ClN7O8. The first-order valence-corrected chi connectivity index (χ1v) is 13.4. The van der Waals surface area contributed by atoms with Crippen LogP contribution in [0.25, 0.3) is 11.1 Å². The molecule has 0 spiro atoms. The Bertz CT molecular complexity index is 1680. The zero-order valence-corrected chi connectivity index (χ0v) is 23.7. The Morgan fingerprint density at radius 1 is 1.16 bits per heavy atom. The summed E-state index contributed by atoms with van der Waals surface area (Å²) in [7, 11) is 0. The molecule has 2 aromatic carbocycles. The number of carbonyl (C=O) groups excluding carboxylic acids is 1. The van der Waals surface area contributed by atoms with Crippen LogP contribution in [0.2, 0.25) is 5.15 Å². The van der Waals surface area contributed by atoms with Crippen LogP contribution in [0.1, 0.15) is 58.7 Å². The summed E-state index contributed by atoms with van der Waals surface area (Å²) < 4.78 is 16.6. The molecule has 0 saturated carbocycles. The van der Waals surface area contributed by atoms with E-state index in [4.69, 9.17) is 36.7 Å². The van der Waals surface area contributed by atoms with Crippen molar-refractivity contribution >= 4 is 23.4 Å². The lowest BCUT2D eigenvalue weighted by atomic mass is 9.98. The molecule has 0 bridgehead atoms. The van der Waals surface area contributed by atoms with Crippen LogP contribution in [0, 0.1) is 10.1 Å². The number of benzene rings is 2. The third-order valence-corrected chi connectivity index (χ3v) is 6.57. The van der Waals surface area contributed by atoms with Crippen molar-refractivity contribution in [2.75, 3.05) is 0 Å². The Balaban J connectivity index is 1.59. The van der Waals surface area contributed by atoms with Gasteiger partial charge in [-0.2, -0.15) is 0 Å². The second-order valence-electron chi connectivity index (χ2n) is 9.10. The van der Waals surface area contributed by atoms with Crippen LogP contribution in [-0.4, -0.2) is 26.4 Å². The quantitative estimate of drug-likeness (QED) is 0.0466. The lowest BCUT2D eigenvalue weighted by Gasteiger charge is -2.13. The number of rotatable bonds is 14. The van der Waals surface area contributed by atoms with Gasteiger partial charge in [0.05, 0.1) is 0 Å². The number of aryl methyl sites for hydroxylation is 1. The maximum Gasteiger partial charge on any atom is 0.519 e. The number of nitrogens with zero attached hydrogens (tertiary/aromatic N) is 4. The van der Waals surface area contributed by atoms with Crippen LogP contribution in [0.5, 0.6) is 0 Å². The number of nitrogens with one attached hydrogen (secondary N) is 1. The summed E-state index contributed by atoms with van der Waals surface area (Å²) in [6.07, 6.45) is 2.25. The molecule has 43 heavy (non-hydrogen) atoms. The van der Waals surface area contributed by atoms with E-state index in [-0.39, 0.29) is 34.7 Å². The van der Waals surface area contributed by atoms with E-state index in [1.54, 1.807) is 4.57 Å². The Hall–Kier alpha value is -5.15. The second-order valence-corrected chi connectivity index (χ2v) is 9.46. The molecule has 0 atom stereocenters. The number of halogens is 1. The molecule has 0 aliphatic heterocycles. The number of imidazole rings is 1. The lowest BCUT2D eigenvalue weighted by Crippen LogP contribution is -2.23. The highest BCUT2D eigenvalue weighted by Crippen LogP contribution is 2.26. The van der Waals surface area contributed by atoms with Gasteiger partial charge in [-0.25, -0.2) is 26.0 Å². The first-order chi connectivity index (χ1) is 20.7. The molecule has 0 aliphatic rings. The highest BCUT2D eigenvalue weighted by molar-refractivity contribution is 6.32. The molecule has 0 amide bonds. The molecule has 16 heteroatoms. The van der Waals surface area contributed by atoms with Gasteiger partial charge in [0.15, 0.2) is 41.4 Å². The fourth-order valence-electron chi connectivity index (χ4n) is 4.28. The summed E-state index contributed by atoms with van der Waals surface area (Å²) in [6, 6.07) is 15.1. The Morgan fingerprint density at radius 2 is 1.86 bits per heavy atom. The highest BCUT2D eigenvalue weighted by Gasteiger charge is 2.25. The van der Waals surface area contributed by atoms with Gasteiger partial charge >= 0.3 is 11.8 Å². The number of hydrazine groups is 1. The maximum atomic E-state index is 13.2. The largest absolute Gasteiger partial charge is 0.519 e. The Labute approximate surface area is 249 Å². The number of carbonyl (C=O) groups is 1. The molecule has 2 heterocycles. The molecule has 0 aliphatic carbocycles. The predicted molar refractivity (Wildman–Crippen MR) is 153 cm³/mol. The van der Waals surface area contributed by atoms with E-state index in [1.807, 2.05) is 55.5 Å². The fourth-order valence-corrected chi connectivity index (χ4v) is 4.56. The fraction of sp³-hybridized carbons (Fsp3) is 0.259. The van der Waals surface area contributed by atoms with Crippen molar-refractivity contribution in [3.63, 3.8) is 0 Å². The van der Waals surface area contributed by atoms with E-state index in [0.717, 1.165) is 29.5 Å². The second kappa shape index (κ2) is 14.2. The van der Waals surface area contributed by atoms with Gasteiger partial charge in [-0.05, 0) is 23.1 Å². The third-order valence-electron chi connectivity index (χ3n) is 6.30. The zero-order chi connectivity index (χ0) is 30.9. The summed E-state index contributed by atoms with van der Waals surface area (Å²) in [5, 5.41) is 13.3. The molecule has 5 N–H and O–H groups in total. The summed E-state index contributed by atoms with van der Waals surface area (Å²) in [6.45, 7) is 1.01. The van der Waals surface area contributed by atoms with Crippen molar-refractivity contribution in [1.29, 1.82) is 0 Å². The van der Waals surface area contributed by atoms with Crippen molar-refractivity contribution in [1.82, 2.24) is 15.1 Å². The summed E-state index contributed by atoms with van der Waals surface area (Å²) >= 11 is 6.41. The molecule has 0 fully saturated rings. The number of aromatic nitrogens is 2. The van der Waals surface area contributed by atoms with Gasteiger partial charge in [0, 0.05) is 18.5 Å². The van der Waals surface area contributed by atoms with Crippen molar-refractivity contribution in [2.24, 2.45) is 16.7 Å². The molecule has 0 saturated heterocycles. The van der Waals surface area contributed by atoms with Crippen LogP contribution >= 0.6 is 11.6 Å². The molecule has 15 nitrogen and oxygen atoms in total. The zero-order valence-electron chi connectivity index (χ0n) is 22.9. The number of amidine groups is 1. The van der Waals surface area contributed by atoms with E-state index in [1.165, 1.54) is 0 Å². The van der Waals surface area contributed by atoms with Gasteiger partial charge in [0.1, 0.15) is 5.82 Å². The first kappa shape index (κ1) is 30.8. The number of hydrogen-bond acceptors (Lipinski definition) is 12. The predicted octanol–water partition coefficient (Wildman–Crippen LogP) is 3.29. The molecule has 2 aromatic heterocycles. The van der Waals surface area contributed by atoms with E-state index < -0.39 is 30.1 Å². The van der Waals surface area contributed by atoms with Crippen molar-refractivity contribution in [3.8, 4) is 11.1 Å². The minimum absolute atomic E-state index is 0.00519. The number of hydrazone groups is 1. The van der Waals surface area contributed by atoms with Crippen LogP contribution < -0.4 is 22.9 Å². The Kier molecular flexibility index (Phi) is 10.1. The highest BCUT2D eigenvalue weighted by atomic mass is 35.5. The average Bonchev–Trinajstić information content (AvgIpc) is 3.51. The molecule has 4 aromatic rings. The molecule has 0 unspecified atom stereocenters. The molecule has 0 radical (unpaired) electrons. The van der Waals surface area contributed by atoms with Gasteiger partial charge in [-0.15, -0.1) is 15.2 Å². The summed E-state index contributed by atoms with van der Waals surface area (Å²) in [5.41, 5.74) is 11.5. The topological polar surface area (TPSA) is 216 Å². The standard InChI is InChI=1S/C27H28ClN7O8/c1-2-3-8-22-31-24(28)23(26(36)40-14-20-21(15-41-35(38)39)43-27(37)42-20)34(22)13-16-9-11-17(12-10-16)18-6-4-5-7-19(18)25(29)32-33-30/h4-7,9-12,33H,2-3,8,13-15,30H2,1H3,(H2,29,32). The van der Waals surface area contributed by atoms with Gasteiger partial charge in [0.25, 0.3) is 5.09 Å². The SMILES string of the molecule is CCCCc1nc(Cl)c(C(=O)OCc2oc(=O)oc2CO[N+](=O)[O-])n1Cc1ccc(-c2ccccc2/C(N)=N/NN)cc1. The van der Waals surface area contributed by atoms with Crippen LogP contribution in [0.4, 0.5) is 0 Å². The average molecular weight is 614 g/mol. The van der Waals surface area contributed by atoms with Crippen LogP contribution in [0.3, 0.4) is 0 Å². The molecular weight excluding hydrogens is 586 g/mol. The molecule has 4 rings (SSSR count). The van der Waals surface area contributed by atoms with Gasteiger partial charge in [-0.1, -0.05) is 73.5 Å². The normalized spacial score (nSPS) is 11.4. The van der Waals surface area contributed by atoms with Gasteiger partial charge in [-0.3, -0.25) is 0 Å². The number of unbranched alkanes of at least 4 members (excludes halogenated alkanes) is 1. The molecule has 226 valence electrons. The van der Waals surface area contributed by atoms with E-state index in [0.29, 0.717) is 17.8 Å². The first-order valence-electron chi connectivity index (χ1n) is 13.0. The lowest BCUT2D eigenvalue weighted by molar-refractivity contribution is -0.763. The van der Waals surface area contributed by atoms with Crippen molar-refractivity contribution in [2.45, 2.75) is 45.9 Å². The minimum Gasteiger partial charge on any atom is -0.453 e.